The first kappa shape index (κ1) is 18.3. The Morgan fingerprint density at radius 2 is 1.63 bits per heavy atom. The molecule has 0 saturated carbocycles. The molecule has 0 aliphatic heterocycles. The molecule has 0 aromatic rings. The van der Waals surface area contributed by atoms with Gasteiger partial charge in [0.2, 0.25) is 5.78 Å². The molecule has 0 fully saturated rings. The van der Waals surface area contributed by atoms with Crippen molar-refractivity contribution < 1.29 is 9.58 Å². The highest BCUT2D eigenvalue weighted by atomic mass is 28.3. The molecule has 4 heteroatoms. The lowest BCUT2D eigenvalue weighted by Crippen LogP contribution is -2.50. The predicted octanol–water partition coefficient (Wildman–Crippen LogP) is 4.63. The van der Waals surface area contributed by atoms with Gasteiger partial charge in [0.15, 0.2) is 8.07 Å². The van der Waals surface area contributed by atoms with Gasteiger partial charge in [0.1, 0.15) is 0 Å². The third kappa shape index (κ3) is 5.41. The van der Waals surface area contributed by atoms with Crippen molar-refractivity contribution in [3.63, 3.8) is 0 Å². The van der Waals surface area contributed by atoms with Crippen molar-refractivity contribution in [2.24, 2.45) is 0 Å². The molecule has 19 heavy (non-hydrogen) atoms. The maximum atomic E-state index is 12.2. The molecule has 0 unspecified atom stereocenters. The number of unbranched alkanes of at least 4 members (excludes halogenated alkanes) is 4. The highest BCUT2D eigenvalue weighted by Crippen LogP contribution is 2.36. The SMILES string of the molecule is CCCCCCCC(=O)C(=[N+]=[N-])[Si](C)(C)C(C)(C)C. The van der Waals surface area contributed by atoms with Gasteiger partial charge in [0, 0.05) is 6.42 Å². The molecule has 0 N–H and O–H groups in total. The van der Waals surface area contributed by atoms with Crippen molar-refractivity contribution >= 4 is 19.2 Å². The molecule has 0 saturated heterocycles. The van der Waals surface area contributed by atoms with Crippen LogP contribution in [0, 0.1) is 0 Å². The summed E-state index contributed by atoms with van der Waals surface area (Å²) in [5, 5.41) is 0.474. The summed E-state index contributed by atoms with van der Waals surface area (Å²) in [7, 11) is -2.02. The lowest BCUT2D eigenvalue weighted by molar-refractivity contribution is -0.116. The number of hydrogen-bond donors (Lipinski definition) is 0. The molecule has 0 amide bonds. The van der Waals surface area contributed by atoms with Crippen molar-refractivity contribution in [2.45, 2.75) is 84.4 Å². The quantitative estimate of drug-likeness (QED) is 0.210. The van der Waals surface area contributed by atoms with E-state index in [9.17, 15) is 10.3 Å². The molecule has 0 aliphatic carbocycles. The Morgan fingerprint density at radius 3 is 2.05 bits per heavy atom. The van der Waals surface area contributed by atoms with E-state index in [1.54, 1.807) is 0 Å². The van der Waals surface area contributed by atoms with Gasteiger partial charge in [0.25, 0.3) is 0 Å². The van der Waals surface area contributed by atoms with Crippen molar-refractivity contribution in [3.05, 3.63) is 5.53 Å². The smallest absolute Gasteiger partial charge is 0.300 e. The minimum absolute atomic E-state index is 0.0203. The van der Waals surface area contributed by atoms with Crippen LogP contribution in [0.2, 0.25) is 18.1 Å². The van der Waals surface area contributed by atoms with Crippen LogP contribution < -0.4 is 0 Å². The zero-order valence-corrected chi connectivity index (χ0v) is 14.5. The average Bonchev–Trinajstić information content (AvgIpc) is 2.27. The molecule has 0 rings (SSSR count). The fourth-order valence-corrected chi connectivity index (χ4v) is 3.67. The van der Waals surface area contributed by atoms with Crippen LogP contribution in [0.25, 0.3) is 5.53 Å². The third-order valence-electron chi connectivity index (χ3n) is 4.34. The van der Waals surface area contributed by atoms with Gasteiger partial charge in [-0.1, -0.05) is 66.5 Å². The Hall–Kier alpha value is -0.733. The van der Waals surface area contributed by atoms with Crippen LogP contribution in [-0.4, -0.2) is 24.0 Å². The minimum Gasteiger partial charge on any atom is -0.362 e. The van der Waals surface area contributed by atoms with E-state index in [0.717, 1.165) is 12.8 Å². The summed E-state index contributed by atoms with van der Waals surface area (Å²) in [4.78, 5) is 15.6. The van der Waals surface area contributed by atoms with Gasteiger partial charge in [-0.15, -0.1) is 0 Å². The maximum absolute atomic E-state index is 12.2. The Balaban J connectivity index is 4.56. The monoisotopic (exact) mass is 282 g/mol. The van der Waals surface area contributed by atoms with E-state index >= 15 is 0 Å². The zero-order valence-electron chi connectivity index (χ0n) is 13.5. The molecule has 3 nitrogen and oxygen atoms in total. The van der Waals surface area contributed by atoms with Crippen molar-refractivity contribution in [1.29, 1.82) is 0 Å². The molecule has 0 heterocycles. The molecule has 0 bridgehead atoms. The fourth-order valence-electron chi connectivity index (χ4n) is 1.89. The van der Waals surface area contributed by atoms with Crippen molar-refractivity contribution in [2.75, 3.05) is 0 Å². The highest BCUT2D eigenvalue weighted by molar-refractivity contribution is 7.14. The van der Waals surface area contributed by atoms with Gasteiger partial charge in [-0.05, 0) is 11.5 Å². The van der Waals surface area contributed by atoms with E-state index < -0.39 is 8.07 Å². The number of Topliss-reactive ketones (excluding diaryl/α,β-unsaturated/α-hetero) is 1. The molecule has 0 aromatic heterocycles. The van der Waals surface area contributed by atoms with Gasteiger partial charge in [0.05, 0.1) is 0 Å². The van der Waals surface area contributed by atoms with Crippen LogP contribution in [0.3, 0.4) is 0 Å². The van der Waals surface area contributed by atoms with Crippen LogP contribution in [0.5, 0.6) is 0 Å². The summed E-state index contributed by atoms with van der Waals surface area (Å²) >= 11 is 0. The molecular weight excluding hydrogens is 252 g/mol. The first-order chi connectivity index (χ1) is 8.68. The molecule has 0 atom stereocenters. The Morgan fingerprint density at radius 1 is 1.11 bits per heavy atom. The first-order valence-electron chi connectivity index (χ1n) is 7.44. The second kappa shape index (κ2) is 7.76. The molecule has 0 aromatic carbocycles. The number of ketones is 1. The standard InChI is InChI=1S/C15H30N2OSi/c1-7-8-9-10-11-12-13(18)14(17-16)19(5,6)15(2,3)4/h7-12H2,1-6H3. The van der Waals surface area contributed by atoms with Gasteiger partial charge < -0.3 is 5.53 Å². The second-order valence-corrected chi connectivity index (χ2v) is 12.1. The highest BCUT2D eigenvalue weighted by Gasteiger charge is 2.49. The third-order valence-corrected chi connectivity index (χ3v) is 9.65. The van der Waals surface area contributed by atoms with Crippen LogP contribution in [-0.2, 0) is 4.79 Å². The molecular formula is C15H30N2OSi. The topological polar surface area (TPSA) is 53.5 Å². The van der Waals surface area contributed by atoms with Crippen molar-refractivity contribution in [1.82, 2.24) is 0 Å². The first-order valence-corrected chi connectivity index (χ1v) is 10.4. The van der Waals surface area contributed by atoms with Crippen LogP contribution in [0.4, 0.5) is 0 Å². The summed E-state index contributed by atoms with van der Waals surface area (Å²) in [6.07, 6.45) is 6.16. The van der Waals surface area contributed by atoms with Crippen LogP contribution >= 0.6 is 0 Å². The summed E-state index contributed by atoms with van der Waals surface area (Å²) in [6.45, 7) is 12.8. The van der Waals surface area contributed by atoms with E-state index in [0.29, 0.717) is 11.8 Å². The number of carbonyl (C=O) groups is 1. The van der Waals surface area contributed by atoms with Crippen molar-refractivity contribution in [3.8, 4) is 0 Å². The lowest BCUT2D eigenvalue weighted by atomic mass is 10.1. The Labute approximate surface area is 119 Å². The second-order valence-electron chi connectivity index (χ2n) is 6.91. The van der Waals surface area contributed by atoms with E-state index in [2.05, 4.69) is 45.6 Å². The summed E-state index contributed by atoms with van der Waals surface area (Å²) in [6, 6.07) is 0. The predicted molar refractivity (Wildman–Crippen MR) is 84.2 cm³/mol. The van der Waals surface area contributed by atoms with Gasteiger partial charge >= 0.3 is 5.33 Å². The molecule has 110 valence electrons. The normalized spacial score (nSPS) is 12.1. The summed E-state index contributed by atoms with van der Waals surface area (Å²) in [5.74, 6) is 0.0468. The van der Waals surface area contributed by atoms with Crippen LogP contribution in [0.15, 0.2) is 0 Å². The number of hydrogen-bond acceptors (Lipinski definition) is 1. The van der Waals surface area contributed by atoms with Gasteiger partial charge in [-0.2, -0.15) is 4.79 Å². The summed E-state index contributed by atoms with van der Waals surface area (Å²) in [5.41, 5.74) is 9.24. The molecule has 0 radical (unpaired) electrons. The van der Waals surface area contributed by atoms with Crippen LogP contribution in [0.1, 0.15) is 66.2 Å². The van der Waals surface area contributed by atoms with E-state index in [-0.39, 0.29) is 10.8 Å². The zero-order chi connectivity index (χ0) is 15.1. The van der Waals surface area contributed by atoms with E-state index in [1.807, 2.05) is 0 Å². The fraction of sp³-hybridized carbons (Fsp3) is 0.867. The number of rotatable bonds is 8. The summed E-state index contributed by atoms with van der Waals surface area (Å²) < 4.78 is 0. The van der Waals surface area contributed by atoms with E-state index in [4.69, 9.17) is 0 Å². The minimum atomic E-state index is -2.02. The Kier molecular flexibility index (Phi) is 7.46. The molecule has 0 aliphatic rings. The lowest BCUT2D eigenvalue weighted by Gasteiger charge is -2.31. The largest absolute Gasteiger partial charge is 0.362 e. The van der Waals surface area contributed by atoms with E-state index in [1.165, 1.54) is 19.3 Å². The maximum Gasteiger partial charge on any atom is 0.300 e. The number of carbonyl (C=O) groups excluding carboxylic acids is 1. The van der Waals surface area contributed by atoms with Gasteiger partial charge in [-0.3, -0.25) is 4.79 Å². The van der Waals surface area contributed by atoms with Gasteiger partial charge in [-0.25, -0.2) is 0 Å². The number of nitrogens with zero attached hydrogens (tertiary/aromatic N) is 2. The molecule has 0 spiro atoms. The average molecular weight is 283 g/mol. The Bertz CT molecular complexity index is 350.